The highest BCUT2D eigenvalue weighted by Crippen LogP contribution is 2.11. The number of aryl methyl sites for hydroxylation is 1. The molecule has 0 bridgehead atoms. The van der Waals surface area contributed by atoms with Gasteiger partial charge in [-0.25, -0.2) is 0 Å². The second-order valence-electron chi connectivity index (χ2n) is 2.54. The van der Waals surface area contributed by atoms with Crippen LogP contribution in [-0.2, 0) is 0 Å². The molecule has 0 saturated carbocycles. The standard InChI is InChI=1S/C8H13N3/c1-3-7(9)8-6(2)10-4-5-11-8/h4-5,7H,3,9H2,1-2H3. The Labute approximate surface area is 66.7 Å². The predicted octanol–water partition coefficient (Wildman–Crippen LogP) is 1.19. The van der Waals surface area contributed by atoms with Crippen molar-refractivity contribution in [2.75, 3.05) is 0 Å². The lowest BCUT2D eigenvalue weighted by molar-refractivity contribution is 0.663. The van der Waals surface area contributed by atoms with E-state index in [0.717, 1.165) is 17.8 Å². The summed E-state index contributed by atoms with van der Waals surface area (Å²) in [5.41, 5.74) is 7.64. The van der Waals surface area contributed by atoms with Gasteiger partial charge in [0, 0.05) is 18.4 Å². The van der Waals surface area contributed by atoms with E-state index in [4.69, 9.17) is 5.73 Å². The van der Waals surface area contributed by atoms with E-state index in [9.17, 15) is 0 Å². The first-order valence-electron chi connectivity index (χ1n) is 3.78. The maximum Gasteiger partial charge on any atom is 0.0782 e. The van der Waals surface area contributed by atoms with Crippen LogP contribution in [0.15, 0.2) is 12.4 Å². The average molecular weight is 151 g/mol. The molecule has 2 N–H and O–H groups in total. The van der Waals surface area contributed by atoms with Crippen LogP contribution in [0.3, 0.4) is 0 Å². The Hall–Kier alpha value is -0.960. The van der Waals surface area contributed by atoms with Gasteiger partial charge in [-0.05, 0) is 13.3 Å². The molecule has 0 fully saturated rings. The van der Waals surface area contributed by atoms with E-state index in [1.807, 2.05) is 13.8 Å². The fraction of sp³-hybridized carbons (Fsp3) is 0.500. The third-order valence-corrected chi connectivity index (χ3v) is 1.71. The Balaban J connectivity index is 2.93. The summed E-state index contributed by atoms with van der Waals surface area (Å²) in [5.74, 6) is 0. The molecule has 0 aromatic carbocycles. The van der Waals surface area contributed by atoms with Crippen LogP contribution in [0.4, 0.5) is 0 Å². The number of nitrogens with zero attached hydrogens (tertiary/aromatic N) is 2. The third-order valence-electron chi connectivity index (χ3n) is 1.71. The Morgan fingerprint density at radius 3 is 2.64 bits per heavy atom. The molecule has 0 aliphatic carbocycles. The third kappa shape index (κ3) is 1.74. The van der Waals surface area contributed by atoms with Crippen LogP contribution in [0, 0.1) is 6.92 Å². The lowest BCUT2D eigenvalue weighted by Gasteiger charge is -2.08. The van der Waals surface area contributed by atoms with Gasteiger partial charge in [0.25, 0.3) is 0 Å². The Bertz CT molecular complexity index is 235. The van der Waals surface area contributed by atoms with Crippen molar-refractivity contribution in [2.24, 2.45) is 5.73 Å². The fourth-order valence-corrected chi connectivity index (χ4v) is 0.976. The maximum absolute atomic E-state index is 5.79. The minimum Gasteiger partial charge on any atom is -0.323 e. The first-order valence-corrected chi connectivity index (χ1v) is 3.78. The van der Waals surface area contributed by atoms with Crippen LogP contribution < -0.4 is 5.73 Å². The van der Waals surface area contributed by atoms with Gasteiger partial charge in [-0.2, -0.15) is 0 Å². The van der Waals surface area contributed by atoms with E-state index in [1.54, 1.807) is 12.4 Å². The SMILES string of the molecule is CCC(N)c1nccnc1C. The number of nitrogens with two attached hydrogens (primary N) is 1. The summed E-state index contributed by atoms with van der Waals surface area (Å²) in [6, 6.07) is 0.0312. The minimum atomic E-state index is 0.0312. The normalized spacial score (nSPS) is 13.0. The van der Waals surface area contributed by atoms with E-state index in [0.29, 0.717) is 0 Å². The van der Waals surface area contributed by atoms with E-state index >= 15 is 0 Å². The molecule has 1 unspecified atom stereocenters. The summed E-state index contributed by atoms with van der Waals surface area (Å²) in [5, 5.41) is 0. The van der Waals surface area contributed by atoms with Gasteiger partial charge in [0.15, 0.2) is 0 Å². The zero-order valence-corrected chi connectivity index (χ0v) is 6.91. The number of rotatable bonds is 2. The molecule has 11 heavy (non-hydrogen) atoms. The second-order valence-corrected chi connectivity index (χ2v) is 2.54. The lowest BCUT2D eigenvalue weighted by Crippen LogP contribution is -2.12. The highest BCUT2D eigenvalue weighted by atomic mass is 14.8. The Kier molecular flexibility index (Phi) is 2.54. The summed E-state index contributed by atoms with van der Waals surface area (Å²) < 4.78 is 0. The molecule has 1 rings (SSSR count). The van der Waals surface area contributed by atoms with Gasteiger partial charge >= 0.3 is 0 Å². The quantitative estimate of drug-likeness (QED) is 0.690. The Morgan fingerprint density at radius 1 is 1.45 bits per heavy atom. The molecule has 1 atom stereocenters. The average Bonchev–Trinajstić information content (AvgIpc) is 2.04. The van der Waals surface area contributed by atoms with Crippen LogP contribution in [0.1, 0.15) is 30.8 Å². The van der Waals surface area contributed by atoms with Gasteiger partial charge in [0.1, 0.15) is 0 Å². The van der Waals surface area contributed by atoms with Crippen LogP contribution in [0.2, 0.25) is 0 Å². The molecule has 3 heteroatoms. The molecule has 0 radical (unpaired) electrons. The highest BCUT2D eigenvalue weighted by molar-refractivity contribution is 5.12. The van der Waals surface area contributed by atoms with Crippen molar-refractivity contribution >= 4 is 0 Å². The van der Waals surface area contributed by atoms with Crippen LogP contribution in [-0.4, -0.2) is 9.97 Å². The molecular formula is C8H13N3. The van der Waals surface area contributed by atoms with Crippen LogP contribution in [0.5, 0.6) is 0 Å². The van der Waals surface area contributed by atoms with Crippen molar-refractivity contribution < 1.29 is 0 Å². The predicted molar refractivity (Wildman–Crippen MR) is 44.0 cm³/mol. The van der Waals surface area contributed by atoms with Crippen LogP contribution in [0.25, 0.3) is 0 Å². The van der Waals surface area contributed by atoms with Crippen LogP contribution >= 0.6 is 0 Å². The zero-order valence-electron chi connectivity index (χ0n) is 6.91. The van der Waals surface area contributed by atoms with Crippen molar-refractivity contribution in [3.8, 4) is 0 Å². The molecule has 1 aromatic heterocycles. The van der Waals surface area contributed by atoms with E-state index in [2.05, 4.69) is 9.97 Å². The summed E-state index contributed by atoms with van der Waals surface area (Å²) in [4.78, 5) is 8.27. The zero-order chi connectivity index (χ0) is 8.27. The maximum atomic E-state index is 5.79. The summed E-state index contributed by atoms with van der Waals surface area (Å²) in [6.45, 7) is 3.97. The minimum absolute atomic E-state index is 0.0312. The molecule has 60 valence electrons. The van der Waals surface area contributed by atoms with Crippen molar-refractivity contribution in [2.45, 2.75) is 26.3 Å². The van der Waals surface area contributed by atoms with E-state index in [-0.39, 0.29) is 6.04 Å². The molecule has 0 aliphatic rings. The fourth-order valence-electron chi connectivity index (χ4n) is 0.976. The molecule has 1 aromatic rings. The van der Waals surface area contributed by atoms with Crippen molar-refractivity contribution in [1.82, 2.24) is 9.97 Å². The summed E-state index contributed by atoms with van der Waals surface area (Å²) >= 11 is 0. The molecule has 0 aliphatic heterocycles. The Morgan fingerprint density at radius 2 is 2.09 bits per heavy atom. The van der Waals surface area contributed by atoms with Crippen molar-refractivity contribution in [3.63, 3.8) is 0 Å². The largest absolute Gasteiger partial charge is 0.323 e. The first-order chi connectivity index (χ1) is 5.25. The molecule has 0 amide bonds. The monoisotopic (exact) mass is 151 g/mol. The van der Waals surface area contributed by atoms with Gasteiger partial charge < -0.3 is 5.73 Å². The lowest BCUT2D eigenvalue weighted by atomic mass is 10.1. The molecule has 3 nitrogen and oxygen atoms in total. The first kappa shape index (κ1) is 8.14. The smallest absolute Gasteiger partial charge is 0.0782 e. The number of hydrogen-bond donors (Lipinski definition) is 1. The van der Waals surface area contributed by atoms with Crippen molar-refractivity contribution in [3.05, 3.63) is 23.8 Å². The topological polar surface area (TPSA) is 51.8 Å². The van der Waals surface area contributed by atoms with E-state index < -0.39 is 0 Å². The molecule has 0 spiro atoms. The van der Waals surface area contributed by atoms with Gasteiger partial charge in [0.2, 0.25) is 0 Å². The van der Waals surface area contributed by atoms with Gasteiger partial charge in [-0.1, -0.05) is 6.92 Å². The van der Waals surface area contributed by atoms with Crippen molar-refractivity contribution in [1.29, 1.82) is 0 Å². The summed E-state index contributed by atoms with van der Waals surface area (Å²) in [6.07, 6.45) is 4.26. The van der Waals surface area contributed by atoms with E-state index in [1.165, 1.54) is 0 Å². The van der Waals surface area contributed by atoms with Gasteiger partial charge in [-0.15, -0.1) is 0 Å². The van der Waals surface area contributed by atoms with Gasteiger partial charge in [0.05, 0.1) is 11.4 Å². The van der Waals surface area contributed by atoms with Gasteiger partial charge in [-0.3, -0.25) is 9.97 Å². The highest BCUT2D eigenvalue weighted by Gasteiger charge is 2.07. The number of hydrogen-bond acceptors (Lipinski definition) is 3. The molecular weight excluding hydrogens is 138 g/mol. The molecule has 1 heterocycles. The summed E-state index contributed by atoms with van der Waals surface area (Å²) in [7, 11) is 0. The molecule has 0 saturated heterocycles. The second kappa shape index (κ2) is 3.44. The number of aromatic nitrogens is 2.